The van der Waals surface area contributed by atoms with E-state index in [1.54, 1.807) is 0 Å². The zero-order chi connectivity index (χ0) is 7.68. The van der Waals surface area contributed by atoms with Crippen LogP contribution in [0.2, 0.25) is 0 Å². The molecule has 0 bridgehead atoms. The lowest BCUT2D eigenvalue weighted by atomic mass is 10.1. The molecule has 0 fully saturated rings. The molecular weight excluding hydrogens is 132 g/mol. The third kappa shape index (κ3) is 1.01. The Hall–Kier alpha value is -1.30. The maximum atomic E-state index is 2.16. The van der Waals surface area contributed by atoms with E-state index in [2.05, 4.69) is 49.4 Å². The third-order valence-electron chi connectivity index (χ3n) is 2.01. The van der Waals surface area contributed by atoms with Crippen molar-refractivity contribution in [1.29, 1.82) is 0 Å². The summed E-state index contributed by atoms with van der Waals surface area (Å²) >= 11 is 0. The highest BCUT2D eigenvalue weighted by molar-refractivity contribution is 5.69. The molecule has 0 saturated heterocycles. The predicted molar refractivity (Wildman–Crippen MR) is 47.8 cm³/mol. The highest BCUT2D eigenvalue weighted by Crippen LogP contribution is 2.25. The molecule has 54 valence electrons. The second kappa shape index (κ2) is 2.39. The van der Waals surface area contributed by atoms with Crippen molar-refractivity contribution in [3.05, 3.63) is 48.0 Å². The second-order valence-electron chi connectivity index (χ2n) is 2.80. The van der Waals surface area contributed by atoms with Crippen molar-refractivity contribution >= 4 is 0 Å². The van der Waals surface area contributed by atoms with Crippen LogP contribution in [0.15, 0.2) is 42.5 Å². The van der Waals surface area contributed by atoms with Crippen LogP contribution in [0, 0.1) is 6.92 Å². The van der Waals surface area contributed by atoms with Crippen molar-refractivity contribution in [2.75, 3.05) is 0 Å². The molecule has 2 aliphatic rings. The smallest absolute Gasteiger partial charge is 0.0155 e. The lowest BCUT2D eigenvalue weighted by molar-refractivity contribution is 1.55. The first kappa shape index (κ1) is 6.41. The highest BCUT2D eigenvalue weighted by Gasteiger charge is 2.01. The maximum absolute atomic E-state index is 2.16. The SMILES string of the molecule is Cc1ccc2cccccc1-2. The van der Waals surface area contributed by atoms with E-state index in [4.69, 9.17) is 0 Å². The van der Waals surface area contributed by atoms with E-state index in [0.717, 1.165) is 0 Å². The molecule has 0 nitrogen and oxygen atoms in total. The largest absolute Gasteiger partial charge is 0.0622 e. The topological polar surface area (TPSA) is 0 Å². The molecule has 0 aliphatic heterocycles. The first-order chi connectivity index (χ1) is 5.38. The standard InChI is InChI=1S/C11H10/c1-9-7-8-10-5-3-2-4-6-11(9)10/h2-8H,1H3. The average molecular weight is 142 g/mol. The van der Waals surface area contributed by atoms with Crippen LogP contribution in [0.3, 0.4) is 0 Å². The maximum Gasteiger partial charge on any atom is -0.0155 e. The monoisotopic (exact) mass is 142 g/mol. The van der Waals surface area contributed by atoms with Crippen LogP contribution in [0.4, 0.5) is 0 Å². The van der Waals surface area contributed by atoms with Gasteiger partial charge in [-0.1, -0.05) is 42.5 Å². The molecule has 0 radical (unpaired) electrons. The zero-order valence-electron chi connectivity index (χ0n) is 6.54. The molecule has 0 unspecified atom stereocenters. The second-order valence-corrected chi connectivity index (χ2v) is 2.80. The van der Waals surface area contributed by atoms with Gasteiger partial charge in [0.1, 0.15) is 0 Å². The Labute approximate surface area is 66.8 Å². The Balaban J connectivity index is 2.75. The van der Waals surface area contributed by atoms with Gasteiger partial charge in [0.25, 0.3) is 0 Å². The van der Waals surface area contributed by atoms with Gasteiger partial charge >= 0.3 is 0 Å². The van der Waals surface area contributed by atoms with Crippen LogP contribution in [0.1, 0.15) is 5.56 Å². The molecule has 0 aromatic heterocycles. The fourth-order valence-corrected chi connectivity index (χ4v) is 1.37. The Morgan fingerprint density at radius 1 is 0.818 bits per heavy atom. The van der Waals surface area contributed by atoms with Crippen LogP contribution in [-0.4, -0.2) is 0 Å². The quantitative estimate of drug-likeness (QED) is 0.530. The summed E-state index contributed by atoms with van der Waals surface area (Å²) in [6.07, 6.45) is 0. The van der Waals surface area contributed by atoms with Gasteiger partial charge in [-0.15, -0.1) is 0 Å². The van der Waals surface area contributed by atoms with Crippen molar-refractivity contribution in [1.82, 2.24) is 0 Å². The van der Waals surface area contributed by atoms with E-state index in [1.165, 1.54) is 16.7 Å². The summed E-state index contributed by atoms with van der Waals surface area (Å²) in [5.41, 5.74) is 4.04. The van der Waals surface area contributed by atoms with Gasteiger partial charge in [0.05, 0.1) is 0 Å². The van der Waals surface area contributed by atoms with Gasteiger partial charge in [0.2, 0.25) is 0 Å². The Kier molecular flexibility index (Phi) is 1.39. The van der Waals surface area contributed by atoms with Crippen molar-refractivity contribution < 1.29 is 0 Å². The van der Waals surface area contributed by atoms with Crippen LogP contribution in [0.5, 0.6) is 0 Å². The Morgan fingerprint density at radius 3 is 2.55 bits per heavy atom. The van der Waals surface area contributed by atoms with Gasteiger partial charge in [-0.2, -0.15) is 0 Å². The van der Waals surface area contributed by atoms with Crippen molar-refractivity contribution in [2.45, 2.75) is 6.92 Å². The molecule has 2 aliphatic carbocycles. The van der Waals surface area contributed by atoms with Crippen molar-refractivity contribution in [3.8, 4) is 11.1 Å². The van der Waals surface area contributed by atoms with Gasteiger partial charge < -0.3 is 0 Å². The van der Waals surface area contributed by atoms with Crippen LogP contribution < -0.4 is 0 Å². The fourth-order valence-electron chi connectivity index (χ4n) is 1.37. The Morgan fingerprint density at radius 2 is 1.64 bits per heavy atom. The van der Waals surface area contributed by atoms with Crippen LogP contribution in [-0.2, 0) is 0 Å². The number of hydrogen-bond donors (Lipinski definition) is 0. The summed E-state index contributed by atoms with van der Waals surface area (Å²) in [7, 11) is 0. The summed E-state index contributed by atoms with van der Waals surface area (Å²) < 4.78 is 0. The Bertz CT molecular complexity index is 336. The molecule has 11 heavy (non-hydrogen) atoms. The minimum absolute atomic E-state index is 1.33. The van der Waals surface area contributed by atoms with Gasteiger partial charge in [-0.25, -0.2) is 0 Å². The highest BCUT2D eigenvalue weighted by atomic mass is 14.1. The number of hydrogen-bond acceptors (Lipinski definition) is 0. The molecule has 0 aromatic rings. The lowest BCUT2D eigenvalue weighted by Crippen LogP contribution is -1.67. The van der Waals surface area contributed by atoms with E-state index in [0.29, 0.717) is 0 Å². The summed E-state index contributed by atoms with van der Waals surface area (Å²) in [5.74, 6) is 0. The summed E-state index contributed by atoms with van der Waals surface area (Å²) in [6, 6.07) is 14.8. The van der Waals surface area contributed by atoms with Crippen LogP contribution >= 0.6 is 0 Å². The molecule has 0 atom stereocenters. The molecular formula is C11H10. The van der Waals surface area contributed by atoms with Gasteiger partial charge in [0.15, 0.2) is 0 Å². The van der Waals surface area contributed by atoms with E-state index in [1.807, 2.05) is 0 Å². The molecule has 0 amide bonds. The van der Waals surface area contributed by atoms with Crippen molar-refractivity contribution in [3.63, 3.8) is 0 Å². The first-order valence-electron chi connectivity index (χ1n) is 3.82. The minimum Gasteiger partial charge on any atom is -0.0622 e. The summed E-state index contributed by atoms with van der Waals surface area (Å²) in [5, 5.41) is 0. The predicted octanol–water partition coefficient (Wildman–Crippen LogP) is 3.10. The minimum atomic E-state index is 1.33. The van der Waals surface area contributed by atoms with E-state index in [-0.39, 0.29) is 0 Å². The average Bonchev–Trinajstić information content (AvgIpc) is 2.25. The number of aryl methyl sites for hydroxylation is 1. The zero-order valence-corrected chi connectivity index (χ0v) is 6.54. The van der Waals surface area contributed by atoms with Gasteiger partial charge in [-0.3, -0.25) is 0 Å². The molecule has 0 aromatic carbocycles. The molecule has 0 saturated carbocycles. The summed E-state index contributed by atoms with van der Waals surface area (Å²) in [4.78, 5) is 0. The van der Waals surface area contributed by atoms with Crippen LogP contribution in [0.25, 0.3) is 11.1 Å². The van der Waals surface area contributed by atoms with Crippen molar-refractivity contribution in [2.24, 2.45) is 0 Å². The fraction of sp³-hybridized carbons (Fsp3) is 0.0909. The summed E-state index contributed by atoms with van der Waals surface area (Å²) in [6.45, 7) is 2.14. The molecule has 0 heteroatoms. The normalized spacial score (nSPS) is 10.3. The number of rotatable bonds is 0. The number of fused-ring (bicyclic) bond motifs is 1. The van der Waals surface area contributed by atoms with E-state index < -0.39 is 0 Å². The van der Waals surface area contributed by atoms with E-state index in [9.17, 15) is 0 Å². The molecule has 0 spiro atoms. The molecule has 2 rings (SSSR count). The molecule has 0 heterocycles. The van der Waals surface area contributed by atoms with Gasteiger partial charge in [0, 0.05) is 0 Å². The third-order valence-corrected chi connectivity index (χ3v) is 2.01. The van der Waals surface area contributed by atoms with E-state index >= 15 is 0 Å². The first-order valence-corrected chi connectivity index (χ1v) is 3.82. The molecule has 0 N–H and O–H groups in total. The van der Waals surface area contributed by atoms with Gasteiger partial charge in [-0.05, 0) is 23.6 Å². The lowest BCUT2D eigenvalue weighted by Gasteiger charge is -1.91.